The summed E-state index contributed by atoms with van der Waals surface area (Å²) < 4.78 is 0. The molecule has 1 atom stereocenters. The van der Waals surface area contributed by atoms with Crippen LogP contribution in [-0.2, 0) is 20.9 Å². The second-order valence-electron chi connectivity index (χ2n) is 7.99. The molecule has 0 saturated carbocycles. The van der Waals surface area contributed by atoms with Gasteiger partial charge in [0, 0.05) is 33.0 Å². The number of piperidine rings is 1. The first-order chi connectivity index (χ1) is 15.7. The number of rotatable bonds is 9. The molecule has 2 aliphatic rings. The minimum absolute atomic E-state index is 0.0813. The van der Waals surface area contributed by atoms with Crippen molar-refractivity contribution in [1.82, 2.24) is 20.9 Å². The van der Waals surface area contributed by atoms with E-state index in [1.165, 1.54) is 6.92 Å². The van der Waals surface area contributed by atoms with Crippen molar-refractivity contribution in [1.29, 1.82) is 0 Å². The molecule has 1 saturated heterocycles. The van der Waals surface area contributed by atoms with Gasteiger partial charge in [0.25, 0.3) is 11.8 Å². The summed E-state index contributed by atoms with van der Waals surface area (Å²) >= 11 is 0. The zero-order valence-corrected chi connectivity index (χ0v) is 18.4. The molecule has 9 nitrogen and oxygen atoms in total. The van der Waals surface area contributed by atoms with E-state index in [0.717, 1.165) is 21.6 Å². The fourth-order valence-corrected chi connectivity index (χ4v) is 3.59. The fraction of sp³-hybridized carbons (Fsp3) is 0.292. The number of carbonyl (C=O) groups excluding carboxylic acids is 5. The van der Waals surface area contributed by atoms with Crippen molar-refractivity contribution in [2.45, 2.75) is 32.4 Å². The summed E-state index contributed by atoms with van der Waals surface area (Å²) in [4.78, 5) is 61.0. The second-order valence-corrected chi connectivity index (χ2v) is 7.99. The topological polar surface area (TPSA) is 125 Å². The van der Waals surface area contributed by atoms with Gasteiger partial charge in [-0.05, 0) is 35.3 Å². The third kappa shape index (κ3) is 5.69. The number of carbonyl (C=O) groups is 5. The Kier molecular flexibility index (Phi) is 7.34. The van der Waals surface area contributed by atoms with E-state index in [-0.39, 0.29) is 29.9 Å². The molecule has 0 bridgehead atoms. The molecule has 5 amide bonds. The van der Waals surface area contributed by atoms with E-state index in [0.29, 0.717) is 19.6 Å². The van der Waals surface area contributed by atoms with Crippen LogP contribution in [0.1, 0.15) is 46.0 Å². The molecule has 2 heterocycles. The normalized spacial score (nSPS) is 17.8. The average Bonchev–Trinajstić information content (AvgIpc) is 3.01. The van der Waals surface area contributed by atoms with Crippen LogP contribution in [0.25, 0.3) is 0 Å². The lowest BCUT2D eigenvalue weighted by Crippen LogP contribution is -2.54. The van der Waals surface area contributed by atoms with Crippen molar-refractivity contribution in [2.75, 3.05) is 13.1 Å². The van der Waals surface area contributed by atoms with Gasteiger partial charge in [-0.2, -0.15) is 0 Å². The SMILES string of the molecule is C=C(/C=C\C(=C)CNC(C)=O)CNCc1ccc2c(c1)C(=O)N(C1CCC(=O)NC1=O)C2=O. The van der Waals surface area contributed by atoms with Gasteiger partial charge >= 0.3 is 0 Å². The van der Waals surface area contributed by atoms with Crippen molar-refractivity contribution in [3.63, 3.8) is 0 Å². The van der Waals surface area contributed by atoms with E-state index in [1.807, 2.05) is 0 Å². The van der Waals surface area contributed by atoms with Crippen molar-refractivity contribution in [2.24, 2.45) is 0 Å². The van der Waals surface area contributed by atoms with Gasteiger partial charge in [0.2, 0.25) is 17.7 Å². The van der Waals surface area contributed by atoms with Crippen molar-refractivity contribution in [3.8, 4) is 0 Å². The molecular weight excluding hydrogens is 424 g/mol. The number of fused-ring (bicyclic) bond motifs is 1. The smallest absolute Gasteiger partial charge is 0.262 e. The second kappa shape index (κ2) is 10.2. The number of nitrogens with zero attached hydrogens (tertiary/aromatic N) is 1. The van der Waals surface area contributed by atoms with Gasteiger partial charge in [-0.15, -0.1) is 0 Å². The minimum Gasteiger partial charge on any atom is -0.352 e. The number of hydrogen-bond donors (Lipinski definition) is 3. The molecule has 0 aliphatic carbocycles. The Balaban J connectivity index is 1.56. The molecule has 33 heavy (non-hydrogen) atoms. The third-order valence-corrected chi connectivity index (χ3v) is 5.30. The number of nitrogens with one attached hydrogen (secondary N) is 3. The van der Waals surface area contributed by atoms with Crippen LogP contribution in [0.3, 0.4) is 0 Å². The Bertz CT molecular complexity index is 1090. The maximum absolute atomic E-state index is 12.9. The van der Waals surface area contributed by atoms with E-state index in [1.54, 1.807) is 30.4 Å². The Morgan fingerprint density at radius 2 is 1.76 bits per heavy atom. The predicted octanol–water partition coefficient (Wildman–Crippen LogP) is 0.982. The maximum Gasteiger partial charge on any atom is 0.262 e. The Morgan fingerprint density at radius 3 is 2.42 bits per heavy atom. The molecule has 2 aliphatic heterocycles. The standard InChI is InChI=1S/C24H26N4O5/c1-14(4-5-15(2)12-26-16(3)29)11-25-13-17-6-7-18-19(10-17)24(33)28(23(18)32)20-8-9-21(30)27-22(20)31/h4-7,10,20,25H,1-2,8-9,11-13H2,3H3,(H,26,29)(H,27,30,31)/b5-4-. The van der Waals surface area contributed by atoms with Gasteiger partial charge in [0.05, 0.1) is 11.1 Å². The molecule has 1 fully saturated rings. The quantitative estimate of drug-likeness (QED) is 0.381. The van der Waals surface area contributed by atoms with Gasteiger partial charge in [0.15, 0.2) is 0 Å². The summed E-state index contributed by atoms with van der Waals surface area (Å²) in [6, 6.07) is 3.99. The van der Waals surface area contributed by atoms with Crippen molar-refractivity contribution < 1.29 is 24.0 Å². The Labute approximate surface area is 191 Å². The van der Waals surface area contributed by atoms with Crippen LogP contribution in [0.5, 0.6) is 0 Å². The van der Waals surface area contributed by atoms with E-state index >= 15 is 0 Å². The van der Waals surface area contributed by atoms with E-state index in [9.17, 15) is 24.0 Å². The molecule has 0 spiro atoms. The van der Waals surface area contributed by atoms with Crippen LogP contribution in [0.4, 0.5) is 0 Å². The highest BCUT2D eigenvalue weighted by atomic mass is 16.2. The summed E-state index contributed by atoms with van der Waals surface area (Å²) in [5, 5.41) is 8.06. The summed E-state index contributed by atoms with van der Waals surface area (Å²) in [5.41, 5.74) is 2.84. The highest BCUT2D eigenvalue weighted by Gasteiger charge is 2.44. The van der Waals surface area contributed by atoms with Crippen LogP contribution in [-0.4, -0.2) is 53.6 Å². The Morgan fingerprint density at radius 1 is 1.09 bits per heavy atom. The zero-order valence-electron chi connectivity index (χ0n) is 18.4. The van der Waals surface area contributed by atoms with Gasteiger partial charge in [-0.3, -0.25) is 34.2 Å². The molecule has 9 heteroatoms. The molecule has 0 aromatic heterocycles. The molecule has 172 valence electrons. The van der Waals surface area contributed by atoms with Gasteiger partial charge in [-0.25, -0.2) is 0 Å². The first kappa shape index (κ1) is 23.8. The molecule has 1 unspecified atom stereocenters. The van der Waals surface area contributed by atoms with Crippen LogP contribution in [0.15, 0.2) is 54.7 Å². The number of benzene rings is 1. The molecule has 3 rings (SSSR count). The lowest BCUT2D eigenvalue weighted by atomic mass is 10.0. The zero-order chi connectivity index (χ0) is 24.1. The fourth-order valence-electron chi connectivity index (χ4n) is 3.59. The minimum atomic E-state index is -0.979. The summed E-state index contributed by atoms with van der Waals surface area (Å²) in [6.07, 6.45) is 3.79. The van der Waals surface area contributed by atoms with Crippen LogP contribution >= 0.6 is 0 Å². The molecule has 1 aromatic carbocycles. The van der Waals surface area contributed by atoms with Crippen molar-refractivity contribution >= 4 is 29.5 Å². The van der Waals surface area contributed by atoms with E-state index in [4.69, 9.17) is 0 Å². The predicted molar refractivity (Wildman–Crippen MR) is 121 cm³/mol. The Hall–Kier alpha value is -3.85. The average molecular weight is 450 g/mol. The third-order valence-electron chi connectivity index (χ3n) is 5.30. The van der Waals surface area contributed by atoms with Crippen LogP contribution in [0, 0.1) is 0 Å². The molecule has 3 N–H and O–H groups in total. The van der Waals surface area contributed by atoms with Gasteiger partial charge < -0.3 is 10.6 Å². The largest absolute Gasteiger partial charge is 0.352 e. The van der Waals surface area contributed by atoms with Crippen molar-refractivity contribution in [3.05, 3.63) is 71.3 Å². The lowest BCUT2D eigenvalue weighted by molar-refractivity contribution is -0.136. The number of amides is 5. The highest BCUT2D eigenvalue weighted by Crippen LogP contribution is 2.28. The summed E-state index contributed by atoms with van der Waals surface area (Å²) in [5.74, 6) is -2.22. The molecule has 1 aromatic rings. The summed E-state index contributed by atoms with van der Waals surface area (Å²) in [7, 11) is 0. The van der Waals surface area contributed by atoms with E-state index < -0.39 is 29.7 Å². The number of imide groups is 2. The summed E-state index contributed by atoms with van der Waals surface area (Å²) in [6.45, 7) is 10.5. The molecule has 0 radical (unpaired) electrons. The molecular formula is C24H26N4O5. The monoisotopic (exact) mass is 450 g/mol. The van der Waals surface area contributed by atoms with Gasteiger partial charge in [-0.1, -0.05) is 31.4 Å². The highest BCUT2D eigenvalue weighted by molar-refractivity contribution is 6.23. The first-order valence-electron chi connectivity index (χ1n) is 10.5. The lowest BCUT2D eigenvalue weighted by Gasteiger charge is -2.27. The van der Waals surface area contributed by atoms with Gasteiger partial charge in [0.1, 0.15) is 6.04 Å². The number of hydrogen-bond acceptors (Lipinski definition) is 6. The van der Waals surface area contributed by atoms with E-state index in [2.05, 4.69) is 29.1 Å². The van der Waals surface area contributed by atoms with Crippen LogP contribution < -0.4 is 16.0 Å². The first-order valence-corrected chi connectivity index (χ1v) is 10.5. The maximum atomic E-state index is 12.9. The van der Waals surface area contributed by atoms with Crippen LogP contribution in [0.2, 0.25) is 0 Å².